The summed E-state index contributed by atoms with van der Waals surface area (Å²) in [4.78, 5) is 17.0. The van der Waals surface area contributed by atoms with Crippen molar-refractivity contribution in [2.45, 2.75) is 107 Å². The van der Waals surface area contributed by atoms with Crippen LogP contribution in [0.4, 0.5) is 5.69 Å². The minimum Gasteiger partial charge on any atom is -0.380 e. The molecule has 0 saturated carbocycles. The summed E-state index contributed by atoms with van der Waals surface area (Å²) in [5.41, 5.74) is 8.82. The van der Waals surface area contributed by atoms with E-state index in [-0.39, 0.29) is 11.7 Å². The molecule has 0 amide bonds. The van der Waals surface area contributed by atoms with E-state index in [1.807, 2.05) is 51.1 Å². The average molecular weight is 703 g/mol. The topological polar surface area (TPSA) is 65.8 Å². The first-order valence-electron chi connectivity index (χ1n) is 17.3. The van der Waals surface area contributed by atoms with Crippen LogP contribution in [0, 0.1) is 30.1 Å². The van der Waals surface area contributed by atoms with Crippen LogP contribution in [0.1, 0.15) is 120 Å². The zero-order valence-corrected chi connectivity index (χ0v) is 32.2. The monoisotopic (exact) mass is 701 g/mol. The van der Waals surface area contributed by atoms with E-state index < -0.39 is 0 Å². The van der Waals surface area contributed by atoms with E-state index in [4.69, 9.17) is 5.41 Å². The standard InChI is InChI=1S/C26H28BrN3O.C10H18.C6H14/c1-5-19-13-18(8-9-20(19)26(31)16(2)3)15-30-24-12-17(4)11-21(22(24)14-28)25-23(27)7-6-10-29-25;1-5-6-10(4)8-7-9(2)3;1-4-6(3)5-2/h6-14,16,28,30H,5,15H2,1-4H3;5,9H,1,4,6-8H2,2-3H3;6H,4-5H2,1-3H3. The van der Waals surface area contributed by atoms with Crippen LogP contribution in [0.5, 0.6) is 0 Å². The molecular formula is C42H60BrN3O. The first-order chi connectivity index (χ1) is 22.3. The maximum absolute atomic E-state index is 12.5. The number of aromatic nitrogens is 1. The van der Waals surface area contributed by atoms with Gasteiger partial charge in [-0.25, -0.2) is 0 Å². The number of anilines is 1. The number of nitrogens with zero attached hydrogens (tertiary/aromatic N) is 1. The Labute approximate surface area is 295 Å². The Kier molecular flexibility index (Phi) is 19.8. The quantitative estimate of drug-likeness (QED) is 0.0941. The fourth-order valence-corrected chi connectivity index (χ4v) is 5.23. The van der Waals surface area contributed by atoms with Crippen molar-refractivity contribution in [2.75, 3.05) is 5.32 Å². The van der Waals surface area contributed by atoms with Gasteiger partial charge in [-0.2, -0.15) is 0 Å². The van der Waals surface area contributed by atoms with Gasteiger partial charge in [-0.1, -0.05) is 105 Å². The van der Waals surface area contributed by atoms with Gasteiger partial charge in [-0.3, -0.25) is 9.78 Å². The van der Waals surface area contributed by atoms with Gasteiger partial charge in [0.1, 0.15) is 0 Å². The lowest BCUT2D eigenvalue weighted by Gasteiger charge is -2.16. The predicted octanol–water partition coefficient (Wildman–Crippen LogP) is 12.8. The lowest BCUT2D eigenvalue weighted by atomic mass is 9.93. The second-order valence-electron chi connectivity index (χ2n) is 13.1. The van der Waals surface area contributed by atoms with Crippen LogP contribution in [0.25, 0.3) is 11.3 Å². The molecule has 256 valence electrons. The molecular weight excluding hydrogens is 642 g/mol. The first-order valence-corrected chi connectivity index (χ1v) is 18.1. The Bertz CT molecular complexity index is 1440. The number of aryl methyl sites for hydroxylation is 2. The fourth-order valence-electron chi connectivity index (χ4n) is 4.77. The lowest BCUT2D eigenvalue weighted by molar-refractivity contribution is 0.0938. The molecule has 0 radical (unpaired) electrons. The number of hydrogen-bond donors (Lipinski definition) is 2. The molecule has 0 fully saturated rings. The van der Waals surface area contributed by atoms with Gasteiger partial charge in [0.05, 0.1) is 5.69 Å². The molecule has 0 saturated heterocycles. The van der Waals surface area contributed by atoms with Gasteiger partial charge >= 0.3 is 0 Å². The number of nitrogens with one attached hydrogen (secondary N) is 2. The van der Waals surface area contributed by atoms with Crippen LogP contribution in [-0.4, -0.2) is 17.0 Å². The summed E-state index contributed by atoms with van der Waals surface area (Å²) in [6, 6.07) is 14.0. The molecule has 1 heterocycles. The SMILES string of the molecule is C=CCC(=C)CCC(C)C.CCC(C)CC.CCc1cc(CNc2cc(C)cc(-c3ncccc3Br)c2C=N)ccc1C(=O)C(C)C. The van der Waals surface area contributed by atoms with Gasteiger partial charge in [-0.15, -0.1) is 6.58 Å². The van der Waals surface area contributed by atoms with Crippen LogP contribution in [0.2, 0.25) is 0 Å². The second-order valence-corrected chi connectivity index (χ2v) is 13.9. The highest BCUT2D eigenvalue weighted by molar-refractivity contribution is 9.10. The number of benzene rings is 2. The van der Waals surface area contributed by atoms with Crippen molar-refractivity contribution in [3.63, 3.8) is 0 Å². The molecule has 0 spiro atoms. The fraction of sp³-hybridized carbons (Fsp3) is 0.452. The van der Waals surface area contributed by atoms with Gasteiger partial charge in [0, 0.05) is 51.7 Å². The van der Waals surface area contributed by atoms with Crippen molar-refractivity contribution in [3.05, 3.63) is 106 Å². The molecule has 2 N–H and O–H groups in total. The number of Topliss-reactive ketones (excluding diaryl/α,β-unsaturated/α-hetero) is 1. The Morgan fingerprint density at radius 2 is 1.72 bits per heavy atom. The molecule has 0 aliphatic heterocycles. The molecule has 47 heavy (non-hydrogen) atoms. The van der Waals surface area contributed by atoms with Crippen molar-refractivity contribution >= 4 is 33.6 Å². The van der Waals surface area contributed by atoms with Crippen LogP contribution < -0.4 is 5.32 Å². The minimum absolute atomic E-state index is 0.0129. The van der Waals surface area contributed by atoms with E-state index in [1.54, 1.807) is 6.20 Å². The van der Waals surface area contributed by atoms with Crippen molar-refractivity contribution in [1.29, 1.82) is 5.41 Å². The third kappa shape index (κ3) is 14.6. The summed E-state index contributed by atoms with van der Waals surface area (Å²) in [5.74, 6) is 1.90. The highest BCUT2D eigenvalue weighted by Crippen LogP contribution is 2.33. The molecule has 1 aromatic heterocycles. The Morgan fingerprint density at radius 3 is 2.23 bits per heavy atom. The highest BCUT2D eigenvalue weighted by atomic mass is 79.9. The highest BCUT2D eigenvalue weighted by Gasteiger charge is 2.16. The predicted molar refractivity (Wildman–Crippen MR) is 210 cm³/mol. The zero-order chi connectivity index (χ0) is 35.5. The molecule has 0 unspecified atom stereocenters. The van der Waals surface area contributed by atoms with Crippen molar-refractivity contribution in [2.24, 2.45) is 17.8 Å². The van der Waals surface area contributed by atoms with Crippen molar-refractivity contribution < 1.29 is 4.79 Å². The van der Waals surface area contributed by atoms with E-state index in [0.29, 0.717) is 6.54 Å². The van der Waals surface area contributed by atoms with E-state index in [1.165, 1.54) is 31.1 Å². The minimum atomic E-state index is -0.0129. The summed E-state index contributed by atoms with van der Waals surface area (Å²) in [5, 5.41) is 11.5. The Balaban J connectivity index is 0.000000571. The van der Waals surface area contributed by atoms with E-state index in [2.05, 4.69) is 99.1 Å². The number of carbonyl (C=O) groups is 1. The van der Waals surface area contributed by atoms with Crippen LogP contribution in [0.15, 0.2) is 77.9 Å². The molecule has 5 heteroatoms. The van der Waals surface area contributed by atoms with Crippen LogP contribution in [0.3, 0.4) is 0 Å². The number of pyridine rings is 1. The van der Waals surface area contributed by atoms with Gasteiger partial charge < -0.3 is 10.7 Å². The third-order valence-electron chi connectivity index (χ3n) is 8.21. The van der Waals surface area contributed by atoms with Gasteiger partial charge in [0.15, 0.2) is 5.78 Å². The van der Waals surface area contributed by atoms with E-state index in [9.17, 15) is 4.79 Å². The molecule has 0 aliphatic carbocycles. The van der Waals surface area contributed by atoms with Crippen molar-refractivity contribution in [3.8, 4) is 11.3 Å². The molecule has 3 rings (SSSR count). The van der Waals surface area contributed by atoms with Crippen molar-refractivity contribution in [1.82, 2.24) is 4.98 Å². The largest absolute Gasteiger partial charge is 0.380 e. The average Bonchev–Trinajstić information content (AvgIpc) is 3.06. The van der Waals surface area contributed by atoms with E-state index in [0.717, 1.165) is 80.3 Å². The maximum atomic E-state index is 12.5. The van der Waals surface area contributed by atoms with Crippen LogP contribution >= 0.6 is 15.9 Å². The smallest absolute Gasteiger partial charge is 0.165 e. The third-order valence-corrected chi connectivity index (χ3v) is 8.85. The molecule has 2 aromatic carbocycles. The molecule has 3 aromatic rings. The zero-order valence-electron chi connectivity index (χ0n) is 30.6. The maximum Gasteiger partial charge on any atom is 0.165 e. The summed E-state index contributed by atoms with van der Waals surface area (Å²) in [6.07, 6.45) is 11.9. The number of rotatable bonds is 15. The summed E-state index contributed by atoms with van der Waals surface area (Å²) >= 11 is 3.58. The molecule has 4 nitrogen and oxygen atoms in total. The summed E-state index contributed by atoms with van der Waals surface area (Å²) in [7, 11) is 0. The first kappa shape index (κ1) is 41.7. The van der Waals surface area contributed by atoms with Gasteiger partial charge in [0.2, 0.25) is 0 Å². The van der Waals surface area contributed by atoms with Gasteiger partial charge in [0.25, 0.3) is 0 Å². The van der Waals surface area contributed by atoms with Gasteiger partial charge in [-0.05, 0) is 101 Å². The second kappa shape index (κ2) is 22.3. The Hall–Kier alpha value is -3.31. The summed E-state index contributed by atoms with van der Waals surface area (Å²) < 4.78 is 0.896. The normalized spacial score (nSPS) is 10.6. The molecule has 0 bridgehead atoms. The number of carbonyl (C=O) groups excluding carboxylic acids is 1. The number of ketones is 1. The molecule has 0 atom stereocenters. The lowest BCUT2D eigenvalue weighted by Crippen LogP contribution is -2.11. The molecule has 0 aliphatic rings. The van der Waals surface area contributed by atoms with Crippen LogP contribution in [-0.2, 0) is 13.0 Å². The number of halogens is 1. The Morgan fingerprint density at radius 1 is 1.04 bits per heavy atom. The summed E-state index contributed by atoms with van der Waals surface area (Å²) in [6.45, 7) is 27.4. The number of allylic oxidation sites excluding steroid dienone is 2. The van der Waals surface area contributed by atoms with E-state index >= 15 is 0 Å². The number of hydrogen-bond acceptors (Lipinski definition) is 4.